The maximum atomic E-state index is 8.45. The van der Waals surface area contributed by atoms with Crippen molar-refractivity contribution in [3.63, 3.8) is 0 Å². The van der Waals surface area contributed by atoms with Crippen LogP contribution in [0.3, 0.4) is 0 Å². The largest absolute Gasteiger partial charge is 0.479 e. The Balaban J connectivity index is 1.51. The molecule has 1 aromatic rings. The fourth-order valence-electron chi connectivity index (χ4n) is 2.68. The van der Waals surface area contributed by atoms with Crippen LogP contribution in [0, 0.1) is 11.3 Å². The highest BCUT2D eigenvalue weighted by Crippen LogP contribution is 2.30. The zero-order valence-electron chi connectivity index (χ0n) is 11.0. The summed E-state index contributed by atoms with van der Waals surface area (Å²) in [5.41, 5.74) is 1.13. The van der Waals surface area contributed by atoms with Gasteiger partial charge in [0.05, 0.1) is 0 Å². The third-order valence-corrected chi connectivity index (χ3v) is 3.81. The molecule has 1 saturated heterocycles. The van der Waals surface area contributed by atoms with Gasteiger partial charge in [-0.05, 0) is 43.5 Å². The minimum absolute atomic E-state index is 0.103. The first kappa shape index (κ1) is 12.3. The highest BCUT2D eigenvalue weighted by atomic mass is 16.5. The minimum atomic E-state index is 0.103. The smallest absolute Gasteiger partial charge is 0.174 e. The van der Waals surface area contributed by atoms with E-state index in [1.807, 2.05) is 30.3 Å². The van der Waals surface area contributed by atoms with Gasteiger partial charge < -0.3 is 10.1 Å². The van der Waals surface area contributed by atoms with Crippen LogP contribution in [-0.2, 0) is 0 Å². The fourth-order valence-corrected chi connectivity index (χ4v) is 2.68. The van der Waals surface area contributed by atoms with Gasteiger partial charge in [-0.3, -0.25) is 4.90 Å². The molecule has 2 fully saturated rings. The molecule has 0 bridgehead atoms. The molecule has 100 valence electrons. The Hall–Kier alpha value is -1.73. The van der Waals surface area contributed by atoms with Crippen LogP contribution in [0.2, 0.25) is 0 Å². The Bertz CT molecular complexity index is 461. The summed E-state index contributed by atoms with van der Waals surface area (Å²) in [7, 11) is 0. The van der Waals surface area contributed by atoms with Crippen molar-refractivity contribution < 1.29 is 4.74 Å². The van der Waals surface area contributed by atoms with E-state index in [0.29, 0.717) is 6.04 Å². The number of benzene rings is 1. The van der Waals surface area contributed by atoms with Gasteiger partial charge in [-0.25, -0.2) is 0 Å². The molecule has 1 saturated carbocycles. The summed E-state index contributed by atoms with van der Waals surface area (Å²) in [4.78, 5) is 2.60. The van der Waals surface area contributed by atoms with Crippen LogP contribution >= 0.6 is 0 Å². The van der Waals surface area contributed by atoms with Crippen molar-refractivity contribution in [3.8, 4) is 11.8 Å². The molecule has 1 aromatic carbocycles. The van der Waals surface area contributed by atoms with Gasteiger partial charge in [0.15, 0.2) is 6.61 Å². The van der Waals surface area contributed by atoms with E-state index < -0.39 is 0 Å². The van der Waals surface area contributed by atoms with E-state index in [4.69, 9.17) is 10.00 Å². The topological polar surface area (TPSA) is 48.3 Å². The van der Waals surface area contributed by atoms with Crippen molar-refractivity contribution in [2.24, 2.45) is 0 Å². The van der Waals surface area contributed by atoms with Crippen molar-refractivity contribution >= 4 is 5.69 Å². The van der Waals surface area contributed by atoms with E-state index in [-0.39, 0.29) is 6.61 Å². The van der Waals surface area contributed by atoms with Crippen LogP contribution < -0.4 is 10.1 Å². The number of nitrogens with one attached hydrogen (secondary N) is 1. The molecule has 19 heavy (non-hydrogen) atoms. The van der Waals surface area contributed by atoms with Crippen LogP contribution in [-0.4, -0.2) is 36.7 Å². The normalized spacial score (nSPS) is 23.0. The van der Waals surface area contributed by atoms with Gasteiger partial charge in [0.2, 0.25) is 0 Å². The Morgan fingerprint density at radius 1 is 1.26 bits per heavy atom. The van der Waals surface area contributed by atoms with E-state index in [0.717, 1.165) is 24.0 Å². The molecule has 0 radical (unpaired) electrons. The summed E-state index contributed by atoms with van der Waals surface area (Å²) in [5, 5.41) is 12.0. The van der Waals surface area contributed by atoms with Gasteiger partial charge in [-0.1, -0.05) is 0 Å². The second kappa shape index (κ2) is 5.50. The molecule has 1 aliphatic heterocycles. The molecule has 0 spiro atoms. The maximum Gasteiger partial charge on any atom is 0.174 e. The van der Waals surface area contributed by atoms with E-state index in [1.165, 1.54) is 25.8 Å². The number of anilines is 1. The maximum absolute atomic E-state index is 8.45. The van der Waals surface area contributed by atoms with E-state index in [9.17, 15) is 0 Å². The van der Waals surface area contributed by atoms with Gasteiger partial charge in [0.25, 0.3) is 0 Å². The molecule has 4 nitrogen and oxygen atoms in total. The number of rotatable bonds is 5. The first-order valence-electron chi connectivity index (χ1n) is 6.95. The van der Waals surface area contributed by atoms with E-state index >= 15 is 0 Å². The highest BCUT2D eigenvalue weighted by Gasteiger charge is 2.34. The summed E-state index contributed by atoms with van der Waals surface area (Å²) in [5.74, 6) is 0.748. The lowest BCUT2D eigenvalue weighted by atomic mass is 10.2. The van der Waals surface area contributed by atoms with Crippen molar-refractivity contribution in [1.29, 1.82) is 5.26 Å². The Kier molecular flexibility index (Phi) is 3.56. The van der Waals surface area contributed by atoms with Crippen LogP contribution in [0.1, 0.15) is 19.3 Å². The van der Waals surface area contributed by atoms with E-state index in [2.05, 4.69) is 10.2 Å². The SMILES string of the molecule is N#CCOc1ccc(NC2CCN(C3CC3)C2)cc1. The number of hydrogen-bond acceptors (Lipinski definition) is 4. The van der Waals surface area contributed by atoms with Crippen molar-refractivity contribution in [1.82, 2.24) is 4.90 Å². The minimum Gasteiger partial charge on any atom is -0.479 e. The molecule has 0 aromatic heterocycles. The zero-order valence-corrected chi connectivity index (χ0v) is 11.0. The summed E-state index contributed by atoms with van der Waals surface area (Å²) >= 11 is 0. The summed E-state index contributed by atoms with van der Waals surface area (Å²) in [6.45, 7) is 2.49. The van der Waals surface area contributed by atoms with E-state index in [1.54, 1.807) is 0 Å². The van der Waals surface area contributed by atoms with Crippen LogP contribution in [0.4, 0.5) is 5.69 Å². The quantitative estimate of drug-likeness (QED) is 0.879. The third-order valence-electron chi connectivity index (χ3n) is 3.81. The standard InChI is InChI=1S/C15H19N3O/c16-8-10-19-15-5-1-12(2-6-15)17-13-7-9-18(11-13)14-3-4-14/h1-2,5-6,13-14,17H,3-4,7,9-11H2. The predicted molar refractivity (Wildman–Crippen MR) is 74.2 cm³/mol. The van der Waals surface area contributed by atoms with Gasteiger partial charge in [-0.15, -0.1) is 0 Å². The molecular weight excluding hydrogens is 238 g/mol. The molecule has 3 rings (SSSR count). The predicted octanol–water partition coefficient (Wildman–Crippen LogP) is 2.24. The average molecular weight is 257 g/mol. The first-order chi connectivity index (χ1) is 9.35. The number of ether oxygens (including phenoxy) is 1. The average Bonchev–Trinajstić information content (AvgIpc) is 3.19. The molecule has 1 unspecified atom stereocenters. The monoisotopic (exact) mass is 257 g/mol. The van der Waals surface area contributed by atoms with Crippen LogP contribution in [0.25, 0.3) is 0 Å². The zero-order chi connectivity index (χ0) is 13.1. The molecular formula is C15H19N3O. The number of nitriles is 1. The van der Waals surface area contributed by atoms with Gasteiger partial charge in [-0.2, -0.15) is 5.26 Å². The van der Waals surface area contributed by atoms with Gasteiger partial charge in [0.1, 0.15) is 11.8 Å². The Labute approximate surface area is 114 Å². The molecule has 0 amide bonds. The molecule has 2 aliphatic rings. The van der Waals surface area contributed by atoms with Gasteiger partial charge in [0, 0.05) is 30.9 Å². The van der Waals surface area contributed by atoms with Crippen molar-refractivity contribution in [2.75, 3.05) is 25.0 Å². The number of likely N-dealkylation sites (tertiary alicyclic amines) is 1. The molecule has 4 heteroatoms. The fraction of sp³-hybridized carbons (Fsp3) is 0.533. The molecule has 1 aliphatic carbocycles. The lowest BCUT2D eigenvalue weighted by Crippen LogP contribution is -2.27. The Morgan fingerprint density at radius 3 is 2.74 bits per heavy atom. The molecule has 1 atom stereocenters. The highest BCUT2D eigenvalue weighted by molar-refractivity contribution is 5.47. The molecule has 1 N–H and O–H groups in total. The summed E-state index contributed by atoms with van der Waals surface area (Å²) < 4.78 is 5.24. The summed E-state index contributed by atoms with van der Waals surface area (Å²) in [6.07, 6.45) is 4.00. The van der Waals surface area contributed by atoms with Gasteiger partial charge >= 0.3 is 0 Å². The second-order valence-corrected chi connectivity index (χ2v) is 5.33. The Morgan fingerprint density at radius 2 is 2.05 bits per heavy atom. The summed E-state index contributed by atoms with van der Waals surface area (Å²) in [6, 6.07) is 11.3. The van der Waals surface area contributed by atoms with Crippen molar-refractivity contribution in [2.45, 2.75) is 31.3 Å². The number of nitrogens with zero attached hydrogens (tertiary/aromatic N) is 2. The molecule has 1 heterocycles. The second-order valence-electron chi connectivity index (χ2n) is 5.33. The number of hydrogen-bond donors (Lipinski definition) is 1. The van der Waals surface area contributed by atoms with Crippen LogP contribution in [0.5, 0.6) is 5.75 Å². The third kappa shape index (κ3) is 3.18. The first-order valence-corrected chi connectivity index (χ1v) is 6.95. The van der Waals surface area contributed by atoms with Crippen LogP contribution in [0.15, 0.2) is 24.3 Å². The lowest BCUT2D eigenvalue weighted by Gasteiger charge is -2.16. The van der Waals surface area contributed by atoms with Crippen molar-refractivity contribution in [3.05, 3.63) is 24.3 Å². The lowest BCUT2D eigenvalue weighted by molar-refractivity contribution is 0.326.